The van der Waals surface area contributed by atoms with E-state index in [-0.39, 0.29) is 19.8 Å². The molecule has 3 rings (SSSR count). The van der Waals surface area contributed by atoms with Crippen LogP contribution in [0.5, 0.6) is 5.75 Å². The predicted molar refractivity (Wildman–Crippen MR) is 108 cm³/mol. The maximum absolute atomic E-state index is 12.6. The van der Waals surface area contributed by atoms with Gasteiger partial charge in [-0.15, -0.1) is 0 Å². The maximum Gasteiger partial charge on any atom is 0.229 e. The highest BCUT2D eigenvalue weighted by Crippen LogP contribution is 2.37. The van der Waals surface area contributed by atoms with Crippen LogP contribution in [0.3, 0.4) is 0 Å². The summed E-state index contributed by atoms with van der Waals surface area (Å²) in [5.74, 6) is 0.324. The number of aliphatic hydroxyl groups excluding tert-OH is 4. The fourth-order valence-corrected chi connectivity index (χ4v) is 4.17. The topological polar surface area (TPSA) is 116 Å². The molecule has 1 aliphatic heterocycles. The Morgan fingerprint density at radius 2 is 1.69 bits per heavy atom. The molecule has 1 heterocycles. The molecule has 7 nitrogen and oxygen atoms in total. The zero-order valence-electron chi connectivity index (χ0n) is 15.9. The Bertz CT molecular complexity index is 796. The second-order valence-corrected chi connectivity index (χ2v) is 8.55. The first-order valence-corrected chi connectivity index (χ1v) is 10.4. The van der Waals surface area contributed by atoms with Gasteiger partial charge >= 0.3 is 0 Å². The maximum atomic E-state index is 12.6. The third-order valence-electron chi connectivity index (χ3n) is 4.86. The summed E-state index contributed by atoms with van der Waals surface area (Å²) in [4.78, 5) is 12.6. The highest BCUT2D eigenvalue weighted by Gasteiger charge is 2.44. The summed E-state index contributed by atoms with van der Waals surface area (Å²) in [6, 6.07) is 16.3. The number of rotatable bonds is 7. The molecular formula is C21H25O7P. The van der Waals surface area contributed by atoms with Crippen molar-refractivity contribution in [3.63, 3.8) is 0 Å². The van der Waals surface area contributed by atoms with Gasteiger partial charge in [-0.3, -0.25) is 4.79 Å². The molecule has 2 aromatic carbocycles. The van der Waals surface area contributed by atoms with Crippen LogP contribution in [0.4, 0.5) is 0 Å². The Balaban J connectivity index is 1.62. The molecule has 0 amide bonds. The molecule has 0 spiro atoms. The van der Waals surface area contributed by atoms with Crippen LogP contribution < -0.4 is 4.74 Å². The number of benzene rings is 2. The van der Waals surface area contributed by atoms with Crippen LogP contribution in [-0.2, 0) is 4.74 Å². The fourth-order valence-electron chi connectivity index (χ4n) is 3.09. The Morgan fingerprint density at radius 1 is 1.03 bits per heavy atom. The highest BCUT2D eigenvalue weighted by atomic mass is 31.1. The summed E-state index contributed by atoms with van der Waals surface area (Å²) in [5, 5.41) is 38.9. The largest absolute Gasteiger partial charge is 0.462 e. The first kappa shape index (κ1) is 21.8. The zero-order valence-corrected chi connectivity index (χ0v) is 16.9. The molecule has 1 fully saturated rings. The van der Waals surface area contributed by atoms with Crippen molar-refractivity contribution >= 4 is 14.1 Å². The molecule has 0 saturated carbocycles. The van der Waals surface area contributed by atoms with Crippen molar-refractivity contribution in [1.82, 2.24) is 0 Å². The van der Waals surface area contributed by atoms with E-state index in [1.165, 1.54) is 0 Å². The summed E-state index contributed by atoms with van der Waals surface area (Å²) < 4.78 is 10.9. The molecule has 0 aliphatic carbocycles. The molecule has 2 aromatic rings. The molecule has 1 aliphatic rings. The van der Waals surface area contributed by atoms with Crippen molar-refractivity contribution in [1.29, 1.82) is 0 Å². The first-order chi connectivity index (χ1) is 13.9. The standard InChI is InChI=1S/C21H25O7P/c1-12(13-5-3-2-4-6-13)29-20(26)14-7-9-15(10-8-14)27-21-19(25)18(24)17(23)16(11-22)28-21/h2-10,12,16-19,21-25,29H,11H2,1H3. The minimum Gasteiger partial charge on any atom is -0.462 e. The lowest BCUT2D eigenvalue weighted by Gasteiger charge is -2.39. The lowest BCUT2D eigenvalue weighted by molar-refractivity contribution is -0.277. The quantitative estimate of drug-likeness (QED) is 0.501. The number of ether oxygens (including phenoxy) is 2. The van der Waals surface area contributed by atoms with Crippen LogP contribution in [0, 0.1) is 0 Å². The van der Waals surface area contributed by atoms with E-state index in [0.717, 1.165) is 5.56 Å². The molecule has 7 atom stereocenters. The van der Waals surface area contributed by atoms with Gasteiger partial charge in [0.15, 0.2) is 5.52 Å². The zero-order chi connectivity index (χ0) is 21.0. The van der Waals surface area contributed by atoms with Gasteiger partial charge in [0, 0.05) is 11.2 Å². The molecule has 7 unspecified atom stereocenters. The second-order valence-electron chi connectivity index (χ2n) is 6.95. The van der Waals surface area contributed by atoms with Crippen LogP contribution in [0.25, 0.3) is 0 Å². The normalized spacial score (nSPS) is 28.4. The highest BCUT2D eigenvalue weighted by molar-refractivity contribution is 7.59. The van der Waals surface area contributed by atoms with Crippen molar-refractivity contribution in [2.45, 2.75) is 43.3 Å². The molecule has 1 saturated heterocycles. The third kappa shape index (κ3) is 5.20. The summed E-state index contributed by atoms with van der Waals surface area (Å²) in [7, 11) is 0.0898. The third-order valence-corrected chi connectivity index (χ3v) is 6.18. The molecule has 0 bridgehead atoms. The van der Waals surface area contributed by atoms with Gasteiger partial charge in [-0.05, 0) is 38.4 Å². The van der Waals surface area contributed by atoms with Gasteiger partial charge in [-0.2, -0.15) is 0 Å². The minimum absolute atomic E-state index is 0.0285. The van der Waals surface area contributed by atoms with Crippen LogP contribution in [0.2, 0.25) is 0 Å². The SMILES string of the molecule is CC(PC(=O)c1ccc(OC2OC(CO)C(O)C(O)C2O)cc1)c1ccccc1. The lowest BCUT2D eigenvalue weighted by atomic mass is 9.99. The van der Waals surface area contributed by atoms with Crippen molar-refractivity contribution in [3.8, 4) is 5.75 Å². The molecule has 0 radical (unpaired) electrons. The number of hydrogen-bond acceptors (Lipinski definition) is 7. The van der Waals surface area contributed by atoms with Gasteiger partial charge in [0.1, 0.15) is 30.2 Å². The van der Waals surface area contributed by atoms with E-state index in [4.69, 9.17) is 9.47 Å². The Hall–Kier alpha value is -1.86. The van der Waals surface area contributed by atoms with Gasteiger partial charge in [0.05, 0.1) is 6.61 Å². The van der Waals surface area contributed by atoms with Gasteiger partial charge in [-0.1, -0.05) is 37.3 Å². The van der Waals surface area contributed by atoms with E-state index in [1.54, 1.807) is 24.3 Å². The lowest BCUT2D eigenvalue weighted by Crippen LogP contribution is -2.60. The monoisotopic (exact) mass is 420 g/mol. The van der Waals surface area contributed by atoms with Crippen molar-refractivity contribution in [2.24, 2.45) is 0 Å². The van der Waals surface area contributed by atoms with Crippen LogP contribution >= 0.6 is 8.58 Å². The number of carbonyl (C=O) groups excluding carboxylic acids is 1. The average molecular weight is 420 g/mol. The number of carbonyl (C=O) groups is 1. The summed E-state index contributed by atoms with van der Waals surface area (Å²) in [5.41, 5.74) is 1.81. The van der Waals surface area contributed by atoms with Crippen LogP contribution in [0.15, 0.2) is 54.6 Å². The Morgan fingerprint density at radius 3 is 2.31 bits per heavy atom. The van der Waals surface area contributed by atoms with E-state index < -0.39 is 37.3 Å². The Labute approximate surface area is 170 Å². The van der Waals surface area contributed by atoms with Crippen molar-refractivity contribution in [2.75, 3.05) is 6.61 Å². The summed E-state index contributed by atoms with van der Waals surface area (Å²) in [6.07, 6.45) is -6.73. The molecule has 4 N–H and O–H groups in total. The van der Waals surface area contributed by atoms with Gasteiger partial charge in [-0.25, -0.2) is 0 Å². The number of aliphatic hydroxyl groups is 4. The van der Waals surface area contributed by atoms with Crippen LogP contribution in [0.1, 0.15) is 28.5 Å². The van der Waals surface area contributed by atoms with Crippen molar-refractivity contribution < 1.29 is 34.7 Å². The van der Waals surface area contributed by atoms with E-state index in [9.17, 15) is 25.2 Å². The fraction of sp³-hybridized carbons (Fsp3) is 0.381. The van der Waals surface area contributed by atoms with Gasteiger partial charge in [0.2, 0.25) is 6.29 Å². The van der Waals surface area contributed by atoms with Crippen molar-refractivity contribution in [3.05, 3.63) is 65.7 Å². The smallest absolute Gasteiger partial charge is 0.229 e. The van der Waals surface area contributed by atoms with E-state index in [2.05, 4.69) is 0 Å². The number of hydrogen-bond donors (Lipinski definition) is 4. The predicted octanol–water partition coefficient (Wildman–Crippen LogP) is 1.45. The molecular weight excluding hydrogens is 395 g/mol. The Kier molecular flexibility index (Phi) is 7.35. The molecule has 0 aromatic heterocycles. The van der Waals surface area contributed by atoms with E-state index in [1.807, 2.05) is 37.3 Å². The molecule has 156 valence electrons. The van der Waals surface area contributed by atoms with Crippen LogP contribution in [-0.4, -0.2) is 63.3 Å². The second kappa shape index (κ2) is 9.76. The summed E-state index contributed by atoms with van der Waals surface area (Å²) >= 11 is 0. The van der Waals surface area contributed by atoms with E-state index >= 15 is 0 Å². The first-order valence-electron chi connectivity index (χ1n) is 9.33. The molecule has 8 heteroatoms. The minimum atomic E-state index is -1.51. The van der Waals surface area contributed by atoms with Gasteiger partial charge in [0.25, 0.3) is 0 Å². The summed E-state index contributed by atoms with van der Waals surface area (Å²) in [6.45, 7) is 1.49. The average Bonchev–Trinajstić information content (AvgIpc) is 2.75. The molecule has 29 heavy (non-hydrogen) atoms. The van der Waals surface area contributed by atoms with E-state index in [0.29, 0.717) is 11.3 Å². The van der Waals surface area contributed by atoms with Gasteiger partial charge < -0.3 is 29.9 Å².